The summed E-state index contributed by atoms with van der Waals surface area (Å²) < 4.78 is 2.04. The van der Waals surface area contributed by atoms with E-state index in [1.165, 1.54) is 0 Å². The van der Waals surface area contributed by atoms with Crippen molar-refractivity contribution in [1.82, 2.24) is 29.8 Å². The first-order valence-corrected chi connectivity index (χ1v) is 12.4. The summed E-state index contributed by atoms with van der Waals surface area (Å²) >= 11 is 0. The number of imidazole rings is 1. The van der Waals surface area contributed by atoms with Crippen molar-refractivity contribution < 1.29 is 4.79 Å². The number of rotatable bonds is 11. The van der Waals surface area contributed by atoms with Gasteiger partial charge in [0, 0.05) is 35.7 Å². The summed E-state index contributed by atoms with van der Waals surface area (Å²) in [6, 6.07) is 17.1. The van der Waals surface area contributed by atoms with Crippen molar-refractivity contribution in [3.63, 3.8) is 0 Å². The average Bonchev–Trinajstić information content (AvgIpc) is 3.25. The summed E-state index contributed by atoms with van der Waals surface area (Å²) in [6.45, 7) is 7.96. The zero-order chi connectivity index (χ0) is 26.2. The second-order valence-corrected chi connectivity index (χ2v) is 9.01. The van der Waals surface area contributed by atoms with E-state index < -0.39 is 0 Å². The molecule has 0 saturated heterocycles. The summed E-state index contributed by atoms with van der Waals surface area (Å²) in [7, 11) is 2.02. The van der Waals surface area contributed by atoms with E-state index in [0.29, 0.717) is 29.5 Å². The standard InChI is InChI=1S/C27H33N9O/c1-5-16-35(4)17-15-29-34-25(37)20-11-13-22(14-12-20)30-26-28-18-23-24(33-26)36(19(2)3)27(32-23)31-21-9-7-6-8-10-21/h6-15,18-19H,5,16-17H2,1-4H3,(H,31,32)(H,34,37)(H,28,30,33)/b29-15+. The van der Waals surface area contributed by atoms with E-state index in [4.69, 9.17) is 9.97 Å². The number of carbonyl (C=O) groups excluding carboxylic acids is 1. The number of amides is 1. The van der Waals surface area contributed by atoms with E-state index >= 15 is 0 Å². The number of fused-ring (bicyclic) bond motifs is 1. The number of hydrazone groups is 1. The normalized spacial score (nSPS) is 11.5. The van der Waals surface area contributed by atoms with Gasteiger partial charge < -0.3 is 15.5 Å². The Labute approximate surface area is 216 Å². The Bertz CT molecular complexity index is 1350. The maximum atomic E-state index is 12.4. The van der Waals surface area contributed by atoms with Gasteiger partial charge in [-0.15, -0.1) is 0 Å². The van der Waals surface area contributed by atoms with E-state index in [-0.39, 0.29) is 11.9 Å². The van der Waals surface area contributed by atoms with Gasteiger partial charge in [0.25, 0.3) is 5.91 Å². The van der Waals surface area contributed by atoms with Crippen molar-refractivity contribution in [2.45, 2.75) is 33.2 Å². The molecule has 0 saturated carbocycles. The first-order chi connectivity index (χ1) is 17.9. The monoisotopic (exact) mass is 499 g/mol. The minimum absolute atomic E-state index is 0.131. The van der Waals surface area contributed by atoms with Crippen LogP contribution in [0, 0.1) is 0 Å². The maximum Gasteiger partial charge on any atom is 0.271 e. The smallest absolute Gasteiger partial charge is 0.271 e. The van der Waals surface area contributed by atoms with Crippen LogP contribution < -0.4 is 16.1 Å². The van der Waals surface area contributed by atoms with Crippen LogP contribution in [0.2, 0.25) is 0 Å². The molecule has 2 heterocycles. The third kappa shape index (κ3) is 6.68. The van der Waals surface area contributed by atoms with Gasteiger partial charge in [-0.05, 0) is 70.3 Å². The molecule has 0 fully saturated rings. The lowest BCUT2D eigenvalue weighted by molar-refractivity contribution is 0.0955. The van der Waals surface area contributed by atoms with Crippen molar-refractivity contribution in [3.05, 3.63) is 66.4 Å². The lowest BCUT2D eigenvalue weighted by Gasteiger charge is -2.14. The third-order valence-electron chi connectivity index (χ3n) is 5.64. The van der Waals surface area contributed by atoms with Crippen molar-refractivity contribution in [2.75, 3.05) is 30.8 Å². The van der Waals surface area contributed by atoms with E-state index in [9.17, 15) is 4.79 Å². The second-order valence-electron chi connectivity index (χ2n) is 9.01. The number of hydrogen-bond acceptors (Lipinski definition) is 8. The van der Waals surface area contributed by atoms with Gasteiger partial charge in [0.15, 0.2) is 5.65 Å². The van der Waals surface area contributed by atoms with Gasteiger partial charge in [0.2, 0.25) is 11.9 Å². The van der Waals surface area contributed by atoms with Crippen molar-refractivity contribution in [3.8, 4) is 0 Å². The molecule has 3 N–H and O–H groups in total. The van der Waals surface area contributed by atoms with Crippen LogP contribution in [-0.2, 0) is 0 Å². The molecule has 10 heteroatoms. The van der Waals surface area contributed by atoms with Gasteiger partial charge >= 0.3 is 0 Å². The molecule has 0 atom stereocenters. The number of para-hydroxylation sites is 1. The molecule has 2 aromatic carbocycles. The Hall–Kier alpha value is -4.31. The molecule has 0 aliphatic heterocycles. The molecule has 4 aromatic rings. The molecule has 0 aliphatic carbocycles. The fourth-order valence-corrected chi connectivity index (χ4v) is 3.84. The number of carbonyl (C=O) groups is 1. The van der Waals surface area contributed by atoms with Gasteiger partial charge in [-0.2, -0.15) is 10.1 Å². The van der Waals surface area contributed by atoms with Crippen molar-refractivity contribution >= 4 is 46.6 Å². The summed E-state index contributed by atoms with van der Waals surface area (Å²) in [5.41, 5.74) is 6.21. The fourth-order valence-electron chi connectivity index (χ4n) is 3.84. The molecule has 0 aliphatic rings. The highest BCUT2D eigenvalue weighted by molar-refractivity contribution is 5.94. The Balaban J connectivity index is 1.44. The quantitative estimate of drug-likeness (QED) is 0.198. The molecule has 0 radical (unpaired) electrons. The van der Waals surface area contributed by atoms with Crippen LogP contribution in [0.25, 0.3) is 11.2 Å². The number of benzene rings is 2. The van der Waals surface area contributed by atoms with Crippen LogP contribution in [0.4, 0.5) is 23.3 Å². The van der Waals surface area contributed by atoms with E-state index in [0.717, 1.165) is 30.0 Å². The number of nitrogens with zero attached hydrogens (tertiary/aromatic N) is 6. The lowest BCUT2D eigenvalue weighted by Crippen LogP contribution is -2.23. The Morgan fingerprint density at radius 3 is 2.49 bits per heavy atom. The Morgan fingerprint density at radius 1 is 1.05 bits per heavy atom. The average molecular weight is 500 g/mol. The summed E-state index contributed by atoms with van der Waals surface area (Å²) in [4.78, 5) is 28.3. The zero-order valence-corrected chi connectivity index (χ0v) is 21.6. The number of anilines is 4. The number of aromatic nitrogens is 4. The minimum Gasteiger partial charge on any atom is -0.326 e. The first kappa shape index (κ1) is 25.8. The van der Waals surface area contributed by atoms with Crippen LogP contribution in [0.5, 0.6) is 0 Å². The Kier molecular flexibility index (Phi) is 8.42. The van der Waals surface area contributed by atoms with Gasteiger partial charge in [0.1, 0.15) is 5.52 Å². The molecule has 0 spiro atoms. The topological polar surface area (TPSA) is 112 Å². The predicted molar refractivity (Wildman–Crippen MR) is 149 cm³/mol. The van der Waals surface area contributed by atoms with Crippen molar-refractivity contribution in [1.29, 1.82) is 0 Å². The first-order valence-electron chi connectivity index (χ1n) is 12.4. The molecule has 1 amide bonds. The number of hydrogen-bond donors (Lipinski definition) is 3. The van der Waals surface area contributed by atoms with Crippen LogP contribution in [0.3, 0.4) is 0 Å². The summed E-state index contributed by atoms with van der Waals surface area (Å²) in [5.74, 6) is 0.883. The van der Waals surface area contributed by atoms with E-state index in [1.54, 1.807) is 24.5 Å². The molecule has 10 nitrogen and oxygen atoms in total. The van der Waals surface area contributed by atoms with Gasteiger partial charge in [0.05, 0.1) is 6.20 Å². The lowest BCUT2D eigenvalue weighted by atomic mass is 10.2. The van der Waals surface area contributed by atoms with Gasteiger partial charge in [-0.3, -0.25) is 9.36 Å². The molecule has 192 valence electrons. The highest BCUT2D eigenvalue weighted by atomic mass is 16.2. The SMILES string of the molecule is CCCN(C)C/C=N/NC(=O)c1ccc(Nc2ncc3nc(Nc4ccccc4)n(C(C)C)c3n2)cc1. The van der Waals surface area contributed by atoms with Crippen LogP contribution in [0.1, 0.15) is 43.6 Å². The van der Waals surface area contributed by atoms with Crippen molar-refractivity contribution in [2.24, 2.45) is 5.10 Å². The van der Waals surface area contributed by atoms with Crippen LogP contribution in [-0.4, -0.2) is 56.7 Å². The largest absolute Gasteiger partial charge is 0.326 e. The summed E-state index contributed by atoms with van der Waals surface area (Å²) in [6.07, 6.45) is 4.47. The highest BCUT2D eigenvalue weighted by Gasteiger charge is 2.16. The minimum atomic E-state index is -0.266. The maximum absolute atomic E-state index is 12.4. The Morgan fingerprint density at radius 2 is 1.78 bits per heavy atom. The molecule has 37 heavy (non-hydrogen) atoms. The summed E-state index contributed by atoms with van der Waals surface area (Å²) in [5, 5.41) is 10.6. The van der Waals surface area contributed by atoms with Gasteiger partial charge in [-0.25, -0.2) is 15.4 Å². The van der Waals surface area contributed by atoms with E-state index in [1.807, 2.05) is 54.1 Å². The van der Waals surface area contributed by atoms with E-state index in [2.05, 4.69) is 51.8 Å². The van der Waals surface area contributed by atoms with Crippen LogP contribution >= 0.6 is 0 Å². The third-order valence-corrected chi connectivity index (χ3v) is 5.64. The molecule has 4 rings (SSSR count). The number of nitrogens with one attached hydrogen (secondary N) is 3. The van der Waals surface area contributed by atoms with Gasteiger partial charge in [-0.1, -0.05) is 25.1 Å². The molecule has 0 unspecified atom stereocenters. The predicted octanol–water partition coefficient (Wildman–Crippen LogP) is 4.95. The second kappa shape index (κ2) is 12.1. The highest BCUT2D eigenvalue weighted by Crippen LogP contribution is 2.26. The molecule has 2 aromatic heterocycles. The fraction of sp³-hybridized carbons (Fsp3) is 0.296. The zero-order valence-electron chi connectivity index (χ0n) is 21.6. The molecule has 0 bridgehead atoms. The van der Waals surface area contributed by atoms with Crippen LogP contribution in [0.15, 0.2) is 65.9 Å². The molecular formula is C27H33N9O. The molecular weight excluding hydrogens is 466 g/mol.